The van der Waals surface area contributed by atoms with Crippen molar-refractivity contribution in [3.8, 4) is 11.4 Å². The molecule has 2 aromatic carbocycles. The Hall–Kier alpha value is -6.43. The summed E-state index contributed by atoms with van der Waals surface area (Å²) in [5.74, 6) is 3.23. The van der Waals surface area contributed by atoms with E-state index in [1.807, 2.05) is 36.2 Å². The molecule has 3 fully saturated rings. The van der Waals surface area contributed by atoms with Crippen molar-refractivity contribution < 1.29 is 19.1 Å². The first-order valence-corrected chi connectivity index (χ1v) is 21.8. The first-order chi connectivity index (χ1) is 30.2. The number of fused-ring (bicyclic) bond motifs is 4. The van der Waals surface area contributed by atoms with Crippen molar-refractivity contribution in [2.24, 2.45) is 5.92 Å². The Morgan fingerprint density at radius 2 is 1.77 bits per heavy atom. The highest BCUT2D eigenvalue weighted by Crippen LogP contribution is 2.41. The van der Waals surface area contributed by atoms with Gasteiger partial charge in [0.2, 0.25) is 11.9 Å². The fraction of sp³-hybridized carbons (Fsp3) is 0.477. The van der Waals surface area contributed by atoms with Crippen molar-refractivity contribution >= 4 is 51.6 Å². The lowest BCUT2D eigenvalue weighted by Crippen LogP contribution is -2.49. The third kappa shape index (κ3) is 7.94. The van der Waals surface area contributed by atoms with Crippen LogP contribution in [0.5, 0.6) is 5.75 Å². The molecule has 3 amide bonds. The standard InChI is InChI=1S/C44H53N13O5/c1-4-34-40-52-51-27(2)56(40)36-25-46-44(50-39(36)55(34)26-28-9-6-5-7-10-28)48-33-14-13-29(23-37(33)62-3)42(60)54-21-19-53(20-22-54)18-17-45-32-12-8-11-30-31(32)24-47-57(43(30)61)35-15-16-38(58)49-41(35)59/h8,11-14,23-25,28,34-35,45H,4-7,9-10,15-22,26H2,1-3H3,(H,46,48,50)(H,49,58,59)/t34-,35?/m1/s1. The molecule has 0 spiro atoms. The van der Waals surface area contributed by atoms with E-state index in [1.165, 1.54) is 36.8 Å². The Labute approximate surface area is 359 Å². The molecule has 324 valence electrons. The monoisotopic (exact) mass is 843 g/mol. The van der Waals surface area contributed by atoms with Crippen molar-refractivity contribution in [3.63, 3.8) is 0 Å². The number of methoxy groups -OCH3 is 1. The van der Waals surface area contributed by atoms with Crippen LogP contribution < -0.4 is 31.1 Å². The quantitative estimate of drug-likeness (QED) is 0.148. The number of benzene rings is 2. The average molecular weight is 844 g/mol. The molecule has 3 aromatic heterocycles. The summed E-state index contributed by atoms with van der Waals surface area (Å²) in [5.41, 5.74) is 2.46. The normalized spacial score (nSPS) is 19.5. The maximum absolute atomic E-state index is 13.8. The number of hydrogen-bond donors (Lipinski definition) is 3. The smallest absolute Gasteiger partial charge is 0.275 e. The maximum atomic E-state index is 13.8. The lowest BCUT2D eigenvalue weighted by atomic mass is 9.88. The van der Waals surface area contributed by atoms with Crippen molar-refractivity contribution in [1.29, 1.82) is 0 Å². The molecule has 0 bridgehead atoms. The molecule has 1 saturated carbocycles. The number of piperidine rings is 1. The largest absolute Gasteiger partial charge is 0.495 e. The zero-order valence-corrected chi connectivity index (χ0v) is 35.5. The van der Waals surface area contributed by atoms with Gasteiger partial charge in [0.05, 0.1) is 36.6 Å². The summed E-state index contributed by atoms with van der Waals surface area (Å²) < 4.78 is 9.06. The highest BCUT2D eigenvalue weighted by atomic mass is 16.5. The highest BCUT2D eigenvalue weighted by molar-refractivity contribution is 6.00. The third-order valence-electron chi connectivity index (χ3n) is 12.8. The SMILES string of the molecule is CC[C@@H]1c2nnc(C)n2-c2cnc(Nc3ccc(C(=O)N4CCN(CCNc5cccc6c(=O)n(C7CCC(=O)NC7=O)ncc56)CC4)cc3OC)nc2N1CC1CCCCC1. The minimum Gasteiger partial charge on any atom is -0.495 e. The number of carbonyl (C=O) groups is 3. The average Bonchev–Trinajstić information content (AvgIpc) is 3.68. The van der Waals surface area contributed by atoms with E-state index in [1.54, 1.807) is 31.5 Å². The van der Waals surface area contributed by atoms with E-state index in [0.717, 1.165) is 48.4 Å². The van der Waals surface area contributed by atoms with Crippen LogP contribution in [0.1, 0.15) is 92.4 Å². The van der Waals surface area contributed by atoms with Gasteiger partial charge in [-0.25, -0.2) is 9.67 Å². The summed E-state index contributed by atoms with van der Waals surface area (Å²) in [4.78, 5) is 67.6. The molecular formula is C44H53N13O5. The summed E-state index contributed by atoms with van der Waals surface area (Å²) in [5, 5.41) is 23.6. The number of nitrogens with zero attached hydrogens (tertiary/aromatic N) is 10. The van der Waals surface area contributed by atoms with Gasteiger partial charge in [-0.15, -0.1) is 10.2 Å². The second-order valence-corrected chi connectivity index (χ2v) is 16.7. The molecule has 62 heavy (non-hydrogen) atoms. The van der Waals surface area contributed by atoms with Gasteiger partial charge in [-0.05, 0) is 68.9 Å². The molecule has 18 heteroatoms. The number of amides is 3. The summed E-state index contributed by atoms with van der Waals surface area (Å²) in [6, 6.07) is 10.1. The Balaban J connectivity index is 0.824. The number of ether oxygens (including phenoxy) is 1. The maximum Gasteiger partial charge on any atom is 0.275 e. The van der Waals surface area contributed by atoms with Gasteiger partial charge in [0.25, 0.3) is 17.4 Å². The van der Waals surface area contributed by atoms with Crippen LogP contribution in [0.4, 0.5) is 23.1 Å². The van der Waals surface area contributed by atoms with Crippen LogP contribution in [-0.2, 0) is 9.59 Å². The number of carbonyl (C=O) groups excluding carboxylic acids is 3. The number of nitrogens with one attached hydrogen (secondary N) is 3. The van der Waals surface area contributed by atoms with Crippen LogP contribution in [0.3, 0.4) is 0 Å². The van der Waals surface area contributed by atoms with Crippen LogP contribution in [0.25, 0.3) is 16.5 Å². The molecule has 1 aliphatic carbocycles. The molecule has 3 N–H and O–H groups in total. The van der Waals surface area contributed by atoms with Crippen LogP contribution in [-0.4, -0.2) is 115 Å². The topological polar surface area (TPSA) is 198 Å². The van der Waals surface area contributed by atoms with Gasteiger partial charge in [0.15, 0.2) is 11.6 Å². The number of rotatable bonds is 12. The predicted molar refractivity (Wildman–Crippen MR) is 233 cm³/mol. The molecule has 6 heterocycles. The summed E-state index contributed by atoms with van der Waals surface area (Å²) in [6.45, 7) is 8.97. The summed E-state index contributed by atoms with van der Waals surface area (Å²) in [7, 11) is 1.59. The van der Waals surface area contributed by atoms with Crippen LogP contribution in [0.15, 0.2) is 53.6 Å². The summed E-state index contributed by atoms with van der Waals surface area (Å²) in [6.07, 6.45) is 11.0. The van der Waals surface area contributed by atoms with Gasteiger partial charge in [-0.2, -0.15) is 10.1 Å². The van der Waals surface area contributed by atoms with Crippen molar-refractivity contribution in [1.82, 2.24) is 49.6 Å². The van der Waals surface area contributed by atoms with E-state index in [2.05, 4.69) is 52.5 Å². The van der Waals surface area contributed by atoms with Crippen LogP contribution in [0.2, 0.25) is 0 Å². The van der Waals surface area contributed by atoms with Crippen molar-refractivity contribution in [2.75, 3.05) is 68.5 Å². The molecule has 1 unspecified atom stereocenters. The Morgan fingerprint density at radius 1 is 0.952 bits per heavy atom. The molecule has 3 aliphatic heterocycles. The van der Waals surface area contributed by atoms with E-state index >= 15 is 0 Å². The minimum atomic E-state index is -0.821. The minimum absolute atomic E-state index is 0.0541. The first kappa shape index (κ1) is 40.9. The molecule has 4 aliphatic rings. The van der Waals surface area contributed by atoms with Crippen LogP contribution >= 0.6 is 0 Å². The van der Waals surface area contributed by atoms with Gasteiger partial charge in [0, 0.05) is 68.9 Å². The molecule has 18 nitrogen and oxygen atoms in total. The van der Waals surface area contributed by atoms with Crippen molar-refractivity contribution in [3.05, 3.63) is 76.4 Å². The Morgan fingerprint density at radius 3 is 2.55 bits per heavy atom. The predicted octanol–water partition coefficient (Wildman–Crippen LogP) is 4.53. The fourth-order valence-electron chi connectivity index (χ4n) is 9.47. The van der Waals surface area contributed by atoms with E-state index in [9.17, 15) is 19.2 Å². The van der Waals surface area contributed by atoms with Gasteiger partial charge in [0.1, 0.15) is 23.3 Å². The number of hydrogen-bond acceptors (Lipinski definition) is 14. The number of aromatic nitrogens is 7. The Kier molecular flexibility index (Phi) is 11.6. The molecule has 2 atom stereocenters. The molecule has 9 rings (SSSR count). The fourth-order valence-corrected chi connectivity index (χ4v) is 9.47. The number of imide groups is 1. The molecule has 5 aromatic rings. The summed E-state index contributed by atoms with van der Waals surface area (Å²) >= 11 is 0. The van der Waals surface area contributed by atoms with Gasteiger partial charge in [-0.1, -0.05) is 32.3 Å². The first-order valence-electron chi connectivity index (χ1n) is 21.8. The zero-order valence-electron chi connectivity index (χ0n) is 35.5. The van der Waals surface area contributed by atoms with E-state index < -0.39 is 11.9 Å². The van der Waals surface area contributed by atoms with Crippen LogP contribution in [0, 0.1) is 12.8 Å². The zero-order chi connectivity index (χ0) is 42.9. The number of aryl methyl sites for hydroxylation is 1. The van der Waals surface area contributed by atoms with Gasteiger partial charge >= 0.3 is 0 Å². The van der Waals surface area contributed by atoms with Gasteiger partial charge in [-0.3, -0.25) is 34.0 Å². The van der Waals surface area contributed by atoms with Crippen molar-refractivity contribution in [2.45, 2.75) is 77.3 Å². The number of piperazine rings is 1. The Bertz CT molecular complexity index is 2560. The number of anilines is 4. The third-order valence-corrected chi connectivity index (χ3v) is 12.8. The van der Waals surface area contributed by atoms with E-state index in [0.29, 0.717) is 72.4 Å². The second kappa shape index (κ2) is 17.5. The second-order valence-electron chi connectivity index (χ2n) is 16.7. The van der Waals surface area contributed by atoms with Gasteiger partial charge < -0.3 is 25.2 Å². The lowest BCUT2D eigenvalue weighted by molar-refractivity contribution is -0.136. The highest BCUT2D eigenvalue weighted by Gasteiger charge is 2.36. The molecule has 2 saturated heterocycles. The van der Waals surface area contributed by atoms with E-state index in [4.69, 9.17) is 14.7 Å². The molecular weight excluding hydrogens is 791 g/mol. The van der Waals surface area contributed by atoms with E-state index in [-0.39, 0.29) is 36.3 Å². The lowest BCUT2D eigenvalue weighted by Gasteiger charge is -2.39. The molecule has 0 radical (unpaired) electrons.